The van der Waals surface area contributed by atoms with Gasteiger partial charge in [0.15, 0.2) is 0 Å². The third-order valence-electron chi connectivity index (χ3n) is 5.84. The van der Waals surface area contributed by atoms with Crippen molar-refractivity contribution in [1.29, 1.82) is 0 Å². The average Bonchev–Trinajstić information content (AvgIpc) is 2.87. The van der Waals surface area contributed by atoms with Crippen LogP contribution < -0.4 is 9.62 Å². The van der Waals surface area contributed by atoms with E-state index in [1.54, 1.807) is 56.3 Å². The SMILES string of the molecule is CCNC(=O)C(C)N(Cc1ccccc1C)C(=O)CN(c1ccc(Br)cc1)S(=O)(=O)c1ccccc1. The van der Waals surface area contributed by atoms with Gasteiger partial charge in [-0.1, -0.05) is 58.4 Å². The van der Waals surface area contributed by atoms with Crippen LogP contribution in [-0.4, -0.2) is 44.3 Å². The Kier molecular flexibility index (Phi) is 9.28. The smallest absolute Gasteiger partial charge is 0.264 e. The minimum Gasteiger partial charge on any atom is -0.355 e. The van der Waals surface area contributed by atoms with Crippen molar-refractivity contribution in [3.8, 4) is 0 Å². The highest BCUT2D eigenvalue weighted by Crippen LogP contribution is 2.26. The summed E-state index contributed by atoms with van der Waals surface area (Å²) in [7, 11) is -4.06. The van der Waals surface area contributed by atoms with E-state index < -0.39 is 28.5 Å². The summed E-state index contributed by atoms with van der Waals surface area (Å²) < 4.78 is 29.2. The van der Waals surface area contributed by atoms with Crippen LogP contribution in [0.4, 0.5) is 5.69 Å². The molecule has 0 radical (unpaired) electrons. The number of nitrogens with one attached hydrogen (secondary N) is 1. The number of nitrogens with zero attached hydrogens (tertiary/aromatic N) is 2. The van der Waals surface area contributed by atoms with Crippen LogP contribution >= 0.6 is 15.9 Å². The van der Waals surface area contributed by atoms with E-state index in [4.69, 9.17) is 0 Å². The number of benzene rings is 3. The summed E-state index contributed by atoms with van der Waals surface area (Å²) >= 11 is 3.37. The Hall–Kier alpha value is -3.17. The molecule has 36 heavy (non-hydrogen) atoms. The summed E-state index contributed by atoms with van der Waals surface area (Å²) in [6, 6.07) is 21.5. The number of carbonyl (C=O) groups is 2. The third-order valence-corrected chi connectivity index (χ3v) is 8.16. The molecule has 190 valence electrons. The van der Waals surface area contributed by atoms with E-state index in [-0.39, 0.29) is 17.3 Å². The Bertz CT molecular complexity index is 1300. The average molecular weight is 573 g/mol. The minimum absolute atomic E-state index is 0.0722. The van der Waals surface area contributed by atoms with Crippen LogP contribution in [0.2, 0.25) is 0 Å². The molecule has 0 spiro atoms. The second kappa shape index (κ2) is 12.2. The maximum atomic E-state index is 13.8. The van der Waals surface area contributed by atoms with E-state index in [0.29, 0.717) is 12.2 Å². The van der Waals surface area contributed by atoms with E-state index in [9.17, 15) is 18.0 Å². The van der Waals surface area contributed by atoms with Gasteiger partial charge >= 0.3 is 0 Å². The predicted octanol–water partition coefficient (Wildman–Crippen LogP) is 4.51. The van der Waals surface area contributed by atoms with Crippen LogP contribution in [0.3, 0.4) is 0 Å². The first-order chi connectivity index (χ1) is 17.1. The number of amides is 2. The van der Waals surface area contributed by atoms with Crippen molar-refractivity contribution in [2.45, 2.75) is 38.3 Å². The molecule has 0 bridgehead atoms. The predicted molar refractivity (Wildman–Crippen MR) is 145 cm³/mol. The van der Waals surface area contributed by atoms with Gasteiger partial charge in [0.05, 0.1) is 10.6 Å². The van der Waals surface area contributed by atoms with Crippen molar-refractivity contribution in [1.82, 2.24) is 10.2 Å². The van der Waals surface area contributed by atoms with Gasteiger partial charge in [0, 0.05) is 17.6 Å². The summed E-state index contributed by atoms with van der Waals surface area (Å²) in [6.45, 7) is 5.51. The van der Waals surface area contributed by atoms with Gasteiger partial charge in [0.2, 0.25) is 11.8 Å². The highest BCUT2D eigenvalue weighted by molar-refractivity contribution is 9.10. The topological polar surface area (TPSA) is 86.8 Å². The van der Waals surface area contributed by atoms with Crippen molar-refractivity contribution in [3.05, 3.63) is 94.5 Å². The number of aryl methyl sites for hydroxylation is 1. The van der Waals surface area contributed by atoms with Crippen LogP contribution in [0.1, 0.15) is 25.0 Å². The first kappa shape index (κ1) is 27.4. The normalized spacial score (nSPS) is 12.0. The van der Waals surface area contributed by atoms with E-state index >= 15 is 0 Å². The molecule has 3 aromatic carbocycles. The zero-order valence-corrected chi connectivity index (χ0v) is 22.9. The fourth-order valence-corrected chi connectivity index (χ4v) is 5.43. The molecule has 3 rings (SSSR count). The van der Waals surface area contributed by atoms with Gasteiger partial charge in [-0.3, -0.25) is 13.9 Å². The minimum atomic E-state index is -4.06. The molecule has 0 aliphatic heterocycles. The number of rotatable bonds is 10. The quantitative estimate of drug-likeness (QED) is 0.388. The monoisotopic (exact) mass is 571 g/mol. The Labute approximate surface area is 221 Å². The molecule has 1 N–H and O–H groups in total. The molecule has 0 saturated heterocycles. The van der Waals surface area contributed by atoms with Crippen LogP contribution in [-0.2, 0) is 26.2 Å². The van der Waals surface area contributed by atoms with E-state index in [2.05, 4.69) is 21.2 Å². The fourth-order valence-electron chi connectivity index (χ4n) is 3.73. The van der Waals surface area contributed by atoms with Gasteiger partial charge in [-0.15, -0.1) is 0 Å². The number of halogens is 1. The highest BCUT2D eigenvalue weighted by atomic mass is 79.9. The van der Waals surface area contributed by atoms with Gasteiger partial charge in [-0.2, -0.15) is 0 Å². The lowest BCUT2D eigenvalue weighted by atomic mass is 10.1. The summed E-state index contributed by atoms with van der Waals surface area (Å²) in [5.41, 5.74) is 2.19. The van der Waals surface area contributed by atoms with E-state index in [1.807, 2.05) is 31.2 Å². The molecule has 9 heteroatoms. The van der Waals surface area contributed by atoms with E-state index in [0.717, 1.165) is 19.9 Å². The Morgan fingerprint density at radius 1 is 0.944 bits per heavy atom. The molecule has 1 atom stereocenters. The van der Waals surface area contributed by atoms with Gasteiger partial charge < -0.3 is 10.2 Å². The van der Waals surface area contributed by atoms with Gasteiger partial charge in [0.1, 0.15) is 12.6 Å². The molecule has 1 unspecified atom stereocenters. The number of carbonyl (C=O) groups excluding carboxylic acids is 2. The Morgan fingerprint density at radius 3 is 2.17 bits per heavy atom. The lowest BCUT2D eigenvalue weighted by molar-refractivity contribution is -0.139. The van der Waals surface area contributed by atoms with Crippen molar-refractivity contribution >= 4 is 43.5 Å². The number of hydrogen-bond donors (Lipinski definition) is 1. The van der Waals surface area contributed by atoms with Crippen LogP contribution in [0.5, 0.6) is 0 Å². The summed E-state index contributed by atoms with van der Waals surface area (Å²) in [5, 5.41) is 2.76. The van der Waals surface area contributed by atoms with Crippen molar-refractivity contribution < 1.29 is 18.0 Å². The van der Waals surface area contributed by atoms with Crippen molar-refractivity contribution in [2.75, 3.05) is 17.4 Å². The van der Waals surface area contributed by atoms with E-state index in [1.165, 1.54) is 17.0 Å². The fraction of sp³-hybridized carbons (Fsp3) is 0.259. The molecule has 0 aromatic heterocycles. The van der Waals surface area contributed by atoms with Gasteiger partial charge in [0.25, 0.3) is 10.0 Å². The maximum Gasteiger partial charge on any atom is 0.264 e. The Morgan fingerprint density at radius 2 is 1.56 bits per heavy atom. The second-order valence-electron chi connectivity index (χ2n) is 8.32. The molecular weight excluding hydrogens is 542 g/mol. The zero-order valence-electron chi connectivity index (χ0n) is 20.5. The summed E-state index contributed by atoms with van der Waals surface area (Å²) in [5.74, 6) is -0.792. The summed E-state index contributed by atoms with van der Waals surface area (Å²) in [4.78, 5) is 28.0. The standard InChI is InChI=1S/C27H30BrN3O4S/c1-4-29-27(33)21(3)30(18-22-11-9-8-10-20(22)2)26(32)19-31(24-16-14-23(28)15-17-24)36(34,35)25-12-6-5-7-13-25/h5-17,21H,4,18-19H2,1-3H3,(H,29,33). The van der Waals surface area contributed by atoms with Crippen molar-refractivity contribution in [3.63, 3.8) is 0 Å². The van der Waals surface area contributed by atoms with Crippen LogP contribution in [0.15, 0.2) is 88.2 Å². The van der Waals surface area contributed by atoms with Crippen LogP contribution in [0, 0.1) is 6.92 Å². The molecule has 2 amide bonds. The maximum absolute atomic E-state index is 13.8. The first-order valence-corrected chi connectivity index (χ1v) is 13.8. The number of anilines is 1. The Balaban J connectivity index is 2.02. The largest absolute Gasteiger partial charge is 0.355 e. The molecular formula is C27H30BrN3O4S. The molecule has 3 aromatic rings. The molecule has 0 aliphatic carbocycles. The number of hydrogen-bond acceptors (Lipinski definition) is 4. The van der Waals surface area contributed by atoms with Crippen LogP contribution in [0.25, 0.3) is 0 Å². The lowest BCUT2D eigenvalue weighted by Crippen LogP contribution is -2.51. The number of likely N-dealkylation sites (N-methyl/N-ethyl adjacent to an activating group) is 1. The molecule has 0 aliphatic rings. The molecule has 0 saturated carbocycles. The summed E-state index contributed by atoms with van der Waals surface area (Å²) in [6.07, 6.45) is 0. The van der Waals surface area contributed by atoms with Crippen molar-refractivity contribution in [2.24, 2.45) is 0 Å². The number of sulfonamides is 1. The molecule has 0 fully saturated rings. The third kappa shape index (κ3) is 6.53. The highest BCUT2D eigenvalue weighted by Gasteiger charge is 2.32. The lowest BCUT2D eigenvalue weighted by Gasteiger charge is -2.32. The zero-order chi connectivity index (χ0) is 26.3. The van der Waals surface area contributed by atoms with Gasteiger partial charge in [-0.25, -0.2) is 8.42 Å². The first-order valence-electron chi connectivity index (χ1n) is 11.6. The second-order valence-corrected chi connectivity index (χ2v) is 11.1. The van der Waals surface area contributed by atoms with Gasteiger partial charge in [-0.05, 0) is 68.3 Å². The molecule has 0 heterocycles. The molecule has 7 nitrogen and oxygen atoms in total.